The van der Waals surface area contributed by atoms with E-state index in [0.717, 1.165) is 16.9 Å². The lowest BCUT2D eigenvalue weighted by Gasteiger charge is -2.15. The molecule has 0 aromatic heterocycles. The third-order valence-electron chi connectivity index (χ3n) is 4.77. The number of amides is 2. The first kappa shape index (κ1) is 24.7. The first-order valence-electron chi connectivity index (χ1n) is 10.5. The SMILES string of the molecule is COc1ccc(CN=C(NCCc2cccc(C(=O)N(C)C)c2)NCC(=O)N(C)C)cc1. The highest BCUT2D eigenvalue weighted by molar-refractivity contribution is 5.94. The Balaban J connectivity index is 2.01. The van der Waals surface area contributed by atoms with Gasteiger partial charge in [0.15, 0.2) is 5.96 Å². The Morgan fingerprint density at radius 1 is 0.938 bits per heavy atom. The molecule has 0 spiro atoms. The van der Waals surface area contributed by atoms with Crippen molar-refractivity contribution in [1.82, 2.24) is 20.4 Å². The molecule has 0 aliphatic carbocycles. The van der Waals surface area contributed by atoms with Crippen LogP contribution in [0.4, 0.5) is 0 Å². The average Bonchev–Trinajstić information content (AvgIpc) is 2.80. The zero-order chi connectivity index (χ0) is 23.5. The topological polar surface area (TPSA) is 86.3 Å². The Morgan fingerprint density at radius 3 is 2.28 bits per heavy atom. The van der Waals surface area contributed by atoms with Gasteiger partial charge >= 0.3 is 0 Å². The number of nitrogens with one attached hydrogen (secondary N) is 2. The smallest absolute Gasteiger partial charge is 0.253 e. The van der Waals surface area contributed by atoms with Crippen LogP contribution in [-0.2, 0) is 17.8 Å². The van der Waals surface area contributed by atoms with E-state index in [1.165, 1.54) is 4.90 Å². The number of methoxy groups -OCH3 is 1. The normalized spacial score (nSPS) is 11.0. The minimum Gasteiger partial charge on any atom is -0.497 e. The van der Waals surface area contributed by atoms with Crippen molar-refractivity contribution in [3.8, 4) is 5.75 Å². The number of carbonyl (C=O) groups excluding carboxylic acids is 2. The number of hydrogen-bond donors (Lipinski definition) is 2. The van der Waals surface area contributed by atoms with Crippen LogP contribution in [0.5, 0.6) is 5.75 Å². The van der Waals surface area contributed by atoms with Crippen molar-refractivity contribution in [3.05, 3.63) is 65.2 Å². The van der Waals surface area contributed by atoms with Gasteiger partial charge in [-0.25, -0.2) is 4.99 Å². The molecule has 32 heavy (non-hydrogen) atoms. The Kier molecular flexibility index (Phi) is 9.53. The Bertz CT molecular complexity index is 923. The van der Waals surface area contributed by atoms with Gasteiger partial charge in [0.25, 0.3) is 5.91 Å². The summed E-state index contributed by atoms with van der Waals surface area (Å²) in [6.45, 7) is 1.21. The van der Waals surface area contributed by atoms with E-state index in [2.05, 4.69) is 15.6 Å². The van der Waals surface area contributed by atoms with Crippen LogP contribution in [0.1, 0.15) is 21.5 Å². The molecule has 172 valence electrons. The Hall–Kier alpha value is -3.55. The fraction of sp³-hybridized carbons (Fsp3) is 0.375. The number of ether oxygens (including phenoxy) is 1. The quantitative estimate of drug-likeness (QED) is 0.459. The molecule has 0 unspecified atom stereocenters. The van der Waals surface area contributed by atoms with Crippen LogP contribution in [0.15, 0.2) is 53.5 Å². The lowest BCUT2D eigenvalue weighted by atomic mass is 10.1. The Labute approximate surface area is 190 Å². The zero-order valence-corrected chi connectivity index (χ0v) is 19.5. The van der Waals surface area contributed by atoms with E-state index in [-0.39, 0.29) is 18.4 Å². The van der Waals surface area contributed by atoms with E-state index in [1.807, 2.05) is 48.5 Å². The van der Waals surface area contributed by atoms with E-state index in [4.69, 9.17) is 4.74 Å². The molecule has 0 saturated heterocycles. The predicted octanol–water partition coefficient (Wildman–Crippen LogP) is 1.76. The first-order chi connectivity index (χ1) is 15.3. The summed E-state index contributed by atoms with van der Waals surface area (Å²) in [4.78, 5) is 31.8. The van der Waals surface area contributed by atoms with E-state index >= 15 is 0 Å². The van der Waals surface area contributed by atoms with Gasteiger partial charge in [0, 0.05) is 40.3 Å². The van der Waals surface area contributed by atoms with Gasteiger partial charge in [-0.05, 0) is 41.8 Å². The summed E-state index contributed by atoms with van der Waals surface area (Å²) >= 11 is 0. The molecule has 2 aromatic carbocycles. The van der Waals surface area contributed by atoms with Gasteiger partial charge in [-0.1, -0.05) is 24.3 Å². The summed E-state index contributed by atoms with van der Waals surface area (Å²) in [5, 5.41) is 6.36. The summed E-state index contributed by atoms with van der Waals surface area (Å²) in [6, 6.07) is 15.3. The van der Waals surface area contributed by atoms with Crippen LogP contribution in [0.25, 0.3) is 0 Å². The number of carbonyl (C=O) groups is 2. The largest absolute Gasteiger partial charge is 0.497 e. The molecule has 0 aliphatic rings. The molecule has 8 nitrogen and oxygen atoms in total. The van der Waals surface area contributed by atoms with Crippen LogP contribution in [0.3, 0.4) is 0 Å². The number of benzene rings is 2. The molecule has 2 N–H and O–H groups in total. The van der Waals surface area contributed by atoms with Crippen LogP contribution >= 0.6 is 0 Å². The number of guanidine groups is 1. The van der Waals surface area contributed by atoms with Crippen molar-refractivity contribution in [1.29, 1.82) is 0 Å². The fourth-order valence-corrected chi connectivity index (χ4v) is 2.84. The molecule has 0 fully saturated rings. The molecule has 2 amide bonds. The number of aliphatic imine (C=N–C) groups is 1. The second kappa shape index (κ2) is 12.3. The van der Waals surface area contributed by atoms with Crippen molar-refractivity contribution in [3.63, 3.8) is 0 Å². The maximum Gasteiger partial charge on any atom is 0.253 e. The van der Waals surface area contributed by atoms with Gasteiger partial charge < -0.3 is 25.2 Å². The number of likely N-dealkylation sites (N-methyl/N-ethyl adjacent to an activating group) is 1. The van der Waals surface area contributed by atoms with E-state index in [0.29, 0.717) is 31.0 Å². The molecular weight excluding hydrogens is 406 g/mol. The number of nitrogens with zero attached hydrogens (tertiary/aromatic N) is 3. The van der Waals surface area contributed by atoms with Crippen LogP contribution < -0.4 is 15.4 Å². The number of hydrogen-bond acceptors (Lipinski definition) is 4. The molecule has 0 atom stereocenters. The molecule has 2 aromatic rings. The second-order valence-electron chi connectivity index (χ2n) is 7.73. The average molecular weight is 440 g/mol. The van der Waals surface area contributed by atoms with Crippen LogP contribution in [0.2, 0.25) is 0 Å². The third kappa shape index (κ3) is 7.94. The fourth-order valence-electron chi connectivity index (χ4n) is 2.84. The molecule has 0 radical (unpaired) electrons. The second-order valence-corrected chi connectivity index (χ2v) is 7.73. The standard InChI is InChI=1S/C24H33N5O3/c1-28(2)22(30)17-27-24(26-16-19-9-11-21(32-5)12-10-19)25-14-13-18-7-6-8-20(15-18)23(31)29(3)4/h6-12,15H,13-14,16-17H2,1-5H3,(H2,25,26,27). The summed E-state index contributed by atoms with van der Waals surface area (Å²) in [7, 11) is 8.54. The van der Waals surface area contributed by atoms with E-state index < -0.39 is 0 Å². The van der Waals surface area contributed by atoms with Crippen molar-refractivity contribution >= 4 is 17.8 Å². The third-order valence-corrected chi connectivity index (χ3v) is 4.77. The molecule has 0 heterocycles. The maximum atomic E-state index is 12.2. The van der Waals surface area contributed by atoms with Crippen molar-refractivity contribution in [2.45, 2.75) is 13.0 Å². The van der Waals surface area contributed by atoms with Crippen LogP contribution in [0, 0.1) is 0 Å². The van der Waals surface area contributed by atoms with Crippen molar-refractivity contribution < 1.29 is 14.3 Å². The predicted molar refractivity (Wildman–Crippen MR) is 127 cm³/mol. The van der Waals surface area contributed by atoms with E-state index in [9.17, 15) is 9.59 Å². The van der Waals surface area contributed by atoms with Gasteiger partial charge in [0.2, 0.25) is 5.91 Å². The van der Waals surface area contributed by atoms with Gasteiger partial charge in [0.1, 0.15) is 5.75 Å². The van der Waals surface area contributed by atoms with Gasteiger partial charge in [-0.3, -0.25) is 9.59 Å². The zero-order valence-electron chi connectivity index (χ0n) is 19.5. The highest BCUT2D eigenvalue weighted by Crippen LogP contribution is 2.12. The molecule has 8 heteroatoms. The summed E-state index contributed by atoms with van der Waals surface area (Å²) < 4.78 is 5.19. The highest BCUT2D eigenvalue weighted by Gasteiger charge is 2.09. The molecular formula is C24H33N5O3. The van der Waals surface area contributed by atoms with Gasteiger partial charge in [-0.2, -0.15) is 0 Å². The van der Waals surface area contributed by atoms with Crippen LogP contribution in [-0.4, -0.2) is 76.0 Å². The molecule has 0 saturated carbocycles. The molecule has 0 aliphatic heterocycles. The first-order valence-corrected chi connectivity index (χ1v) is 10.5. The molecule has 0 bridgehead atoms. The van der Waals surface area contributed by atoms with E-state index in [1.54, 1.807) is 40.2 Å². The number of rotatable bonds is 9. The van der Waals surface area contributed by atoms with Crippen molar-refractivity contribution in [2.75, 3.05) is 48.4 Å². The lowest BCUT2D eigenvalue weighted by molar-refractivity contribution is -0.127. The minimum absolute atomic E-state index is 0.0228. The summed E-state index contributed by atoms with van der Waals surface area (Å²) in [6.07, 6.45) is 0.708. The monoisotopic (exact) mass is 439 g/mol. The Morgan fingerprint density at radius 2 is 1.66 bits per heavy atom. The minimum atomic E-state index is -0.0427. The maximum absolute atomic E-state index is 12.2. The van der Waals surface area contributed by atoms with Crippen molar-refractivity contribution in [2.24, 2.45) is 4.99 Å². The summed E-state index contributed by atoms with van der Waals surface area (Å²) in [5.74, 6) is 1.28. The summed E-state index contributed by atoms with van der Waals surface area (Å²) in [5.41, 5.74) is 2.74. The van der Waals surface area contributed by atoms with Gasteiger partial charge in [0.05, 0.1) is 20.2 Å². The molecule has 2 rings (SSSR count). The highest BCUT2D eigenvalue weighted by atomic mass is 16.5. The lowest BCUT2D eigenvalue weighted by Crippen LogP contribution is -2.43. The van der Waals surface area contributed by atoms with Gasteiger partial charge in [-0.15, -0.1) is 0 Å².